The van der Waals surface area contributed by atoms with E-state index in [-0.39, 0.29) is 5.91 Å². The van der Waals surface area contributed by atoms with Crippen LogP contribution in [0.5, 0.6) is 0 Å². The first-order valence-electron chi connectivity index (χ1n) is 8.97. The van der Waals surface area contributed by atoms with Gasteiger partial charge >= 0.3 is 0 Å². The minimum absolute atomic E-state index is 0.167. The van der Waals surface area contributed by atoms with Crippen LogP contribution in [-0.4, -0.2) is 55.1 Å². The molecular weight excluding hydrogens is 288 g/mol. The van der Waals surface area contributed by atoms with E-state index in [2.05, 4.69) is 15.2 Å². The highest BCUT2D eigenvalue weighted by atomic mass is 16.2. The van der Waals surface area contributed by atoms with Crippen LogP contribution in [0.3, 0.4) is 0 Å². The molecule has 0 aromatic carbocycles. The van der Waals surface area contributed by atoms with Crippen molar-refractivity contribution in [2.45, 2.75) is 32.1 Å². The number of likely N-dealkylation sites (tertiary alicyclic amines) is 1. The first-order valence-corrected chi connectivity index (χ1v) is 8.97. The summed E-state index contributed by atoms with van der Waals surface area (Å²) in [7, 11) is 0. The second-order valence-corrected chi connectivity index (χ2v) is 7.29. The monoisotopic (exact) mass is 314 g/mol. The predicted molar refractivity (Wildman–Crippen MR) is 90.7 cm³/mol. The zero-order valence-corrected chi connectivity index (χ0v) is 13.8. The van der Waals surface area contributed by atoms with Crippen molar-refractivity contribution in [3.05, 3.63) is 23.9 Å². The number of hydrogen-bond donors (Lipinski definition) is 1. The van der Waals surface area contributed by atoms with Gasteiger partial charge < -0.3 is 15.1 Å². The van der Waals surface area contributed by atoms with E-state index in [1.54, 1.807) is 6.20 Å². The van der Waals surface area contributed by atoms with Gasteiger partial charge in [-0.2, -0.15) is 0 Å². The number of pyridine rings is 1. The minimum atomic E-state index is 0.167. The van der Waals surface area contributed by atoms with E-state index in [0.29, 0.717) is 5.41 Å². The van der Waals surface area contributed by atoms with Gasteiger partial charge in [-0.3, -0.25) is 4.79 Å². The third-order valence-electron chi connectivity index (χ3n) is 5.87. The zero-order valence-electron chi connectivity index (χ0n) is 13.8. The van der Waals surface area contributed by atoms with Crippen LogP contribution in [0.1, 0.15) is 42.5 Å². The van der Waals surface area contributed by atoms with Crippen LogP contribution in [0.2, 0.25) is 0 Å². The standard InChI is InChI=1S/C18H26N4O/c23-17(22-12-6-18(7-13-22)5-9-19-14-18)15-4-3-8-20-16(15)21-10-1-2-11-21/h3-4,8,19H,1-2,5-7,9-14H2. The number of nitrogens with one attached hydrogen (secondary N) is 1. The van der Waals surface area contributed by atoms with Crippen molar-refractivity contribution in [3.8, 4) is 0 Å². The average Bonchev–Trinajstić information content (AvgIpc) is 3.27. The summed E-state index contributed by atoms with van der Waals surface area (Å²) in [6, 6.07) is 3.84. The number of hydrogen-bond acceptors (Lipinski definition) is 4. The fourth-order valence-electron chi connectivity index (χ4n) is 4.32. The Morgan fingerprint density at radius 2 is 1.91 bits per heavy atom. The van der Waals surface area contributed by atoms with Gasteiger partial charge in [0.05, 0.1) is 5.56 Å². The van der Waals surface area contributed by atoms with E-state index < -0.39 is 0 Å². The number of carbonyl (C=O) groups is 1. The van der Waals surface area contributed by atoms with Gasteiger partial charge in [-0.15, -0.1) is 0 Å². The van der Waals surface area contributed by atoms with Gasteiger partial charge in [0.15, 0.2) is 0 Å². The van der Waals surface area contributed by atoms with E-state index in [0.717, 1.165) is 63.5 Å². The second-order valence-electron chi connectivity index (χ2n) is 7.29. The van der Waals surface area contributed by atoms with E-state index in [4.69, 9.17) is 0 Å². The Morgan fingerprint density at radius 3 is 2.61 bits per heavy atom. The van der Waals surface area contributed by atoms with Crippen molar-refractivity contribution in [1.82, 2.24) is 15.2 Å². The van der Waals surface area contributed by atoms with Crippen molar-refractivity contribution in [3.63, 3.8) is 0 Å². The summed E-state index contributed by atoms with van der Waals surface area (Å²) in [4.78, 5) is 21.8. The molecule has 0 aliphatic carbocycles. The summed E-state index contributed by atoms with van der Waals surface area (Å²) < 4.78 is 0. The lowest BCUT2D eigenvalue weighted by atomic mass is 9.78. The molecule has 0 unspecified atom stereocenters. The van der Waals surface area contributed by atoms with Crippen LogP contribution in [-0.2, 0) is 0 Å². The van der Waals surface area contributed by atoms with E-state index in [1.165, 1.54) is 19.3 Å². The van der Waals surface area contributed by atoms with Gasteiger partial charge in [-0.25, -0.2) is 4.98 Å². The molecule has 1 amide bonds. The highest BCUT2D eigenvalue weighted by Gasteiger charge is 2.38. The topological polar surface area (TPSA) is 48.5 Å². The van der Waals surface area contributed by atoms with Crippen molar-refractivity contribution < 1.29 is 4.79 Å². The molecule has 0 atom stereocenters. The molecule has 3 saturated heterocycles. The summed E-state index contributed by atoms with van der Waals surface area (Å²) in [6.07, 6.45) is 7.73. The minimum Gasteiger partial charge on any atom is -0.356 e. The maximum atomic E-state index is 13.0. The molecule has 3 aliphatic heterocycles. The maximum Gasteiger partial charge on any atom is 0.257 e. The van der Waals surface area contributed by atoms with Crippen LogP contribution < -0.4 is 10.2 Å². The molecule has 23 heavy (non-hydrogen) atoms. The Labute approximate surface area is 138 Å². The SMILES string of the molecule is O=C(c1cccnc1N1CCCC1)N1CCC2(CCNC2)CC1. The summed E-state index contributed by atoms with van der Waals surface area (Å²) >= 11 is 0. The van der Waals surface area contributed by atoms with Gasteiger partial charge in [-0.05, 0) is 56.2 Å². The highest BCUT2D eigenvalue weighted by Crippen LogP contribution is 2.37. The molecule has 124 valence electrons. The highest BCUT2D eigenvalue weighted by molar-refractivity contribution is 5.99. The molecule has 5 nitrogen and oxygen atoms in total. The van der Waals surface area contributed by atoms with E-state index >= 15 is 0 Å². The Morgan fingerprint density at radius 1 is 1.13 bits per heavy atom. The number of carbonyl (C=O) groups excluding carboxylic acids is 1. The van der Waals surface area contributed by atoms with Gasteiger partial charge in [0.25, 0.3) is 5.91 Å². The van der Waals surface area contributed by atoms with Gasteiger partial charge in [-0.1, -0.05) is 0 Å². The Bertz CT molecular complexity index is 566. The normalized spacial score (nSPS) is 23.7. The lowest BCUT2D eigenvalue weighted by Gasteiger charge is -2.39. The summed E-state index contributed by atoms with van der Waals surface area (Å²) in [5.74, 6) is 1.05. The molecule has 0 saturated carbocycles. The predicted octanol–water partition coefficient (Wildman–Crippen LogP) is 1.90. The first kappa shape index (κ1) is 14.9. The largest absolute Gasteiger partial charge is 0.356 e. The number of nitrogens with zero attached hydrogens (tertiary/aromatic N) is 3. The fourth-order valence-corrected chi connectivity index (χ4v) is 4.32. The lowest BCUT2D eigenvalue weighted by Crippen LogP contribution is -2.44. The number of rotatable bonds is 2. The fraction of sp³-hybridized carbons (Fsp3) is 0.667. The average molecular weight is 314 g/mol. The lowest BCUT2D eigenvalue weighted by molar-refractivity contribution is 0.0608. The number of anilines is 1. The Balaban J connectivity index is 1.49. The summed E-state index contributed by atoms with van der Waals surface area (Å²) in [5.41, 5.74) is 1.23. The van der Waals surface area contributed by atoms with Crippen LogP contribution in [0.15, 0.2) is 18.3 Å². The molecular formula is C18H26N4O. The number of piperidine rings is 1. The van der Waals surface area contributed by atoms with Crippen molar-refractivity contribution in [2.24, 2.45) is 5.41 Å². The van der Waals surface area contributed by atoms with Gasteiger partial charge in [0.1, 0.15) is 5.82 Å². The maximum absolute atomic E-state index is 13.0. The van der Waals surface area contributed by atoms with E-state index in [1.807, 2.05) is 17.0 Å². The third kappa shape index (κ3) is 2.82. The Kier molecular flexibility index (Phi) is 3.97. The summed E-state index contributed by atoms with van der Waals surface area (Å²) in [6.45, 7) is 6.07. The number of aromatic nitrogens is 1. The molecule has 4 rings (SSSR count). The van der Waals surface area contributed by atoms with Crippen LogP contribution in [0, 0.1) is 5.41 Å². The van der Waals surface area contributed by atoms with Crippen molar-refractivity contribution >= 4 is 11.7 Å². The van der Waals surface area contributed by atoms with Gasteiger partial charge in [0, 0.05) is 38.9 Å². The molecule has 4 heterocycles. The molecule has 0 radical (unpaired) electrons. The number of amides is 1. The van der Waals surface area contributed by atoms with E-state index in [9.17, 15) is 4.79 Å². The van der Waals surface area contributed by atoms with Crippen molar-refractivity contribution in [1.29, 1.82) is 0 Å². The molecule has 1 spiro atoms. The molecule has 3 fully saturated rings. The third-order valence-corrected chi connectivity index (χ3v) is 5.87. The second kappa shape index (κ2) is 6.11. The van der Waals surface area contributed by atoms with Crippen molar-refractivity contribution in [2.75, 3.05) is 44.2 Å². The molecule has 1 aromatic rings. The smallest absolute Gasteiger partial charge is 0.257 e. The van der Waals surface area contributed by atoms with Crippen LogP contribution >= 0.6 is 0 Å². The molecule has 0 bridgehead atoms. The van der Waals surface area contributed by atoms with Gasteiger partial charge in [0.2, 0.25) is 0 Å². The van der Waals surface area contributed by atoms with Crippen LogP contribution in [0.4, 0.5) is 5.82 Å². The molecule has 1 aromatic heterocycles. The zero-order chi connectivity index (χ0) is 15.7. The molecule has 1 N–H and O–H groups in total. The first-order chi connectivity index (χ1) is 11.3. The molecule has 5 heteroatoms. The quantitative estimate of drug-likeness (QED) is 0.906. The Hall–Kier alpha value is -1.62. The van der Waals surface area contributed by atoms with Crippen LogP contribution in [0.25, 0.3) is 0 Å². The summed E-state index contributed by atoms with van der Waals surface area (Å²) in [5, 5.41) is 3.48. The molecule has 3 aliphatic rings.